The average Bonchev–Trinajstić information content (AvgIpc) is 3.24. The van der Waals surface area contributed by atoms with E-state index in [0.29, 0.717) is 4.47 Å². The summed E-state index contributed by atoms with van der Waals surface area (Å²) in [5.74, 6) is 0.809. The Hall–Kier alpha value is -1.42. The van der Waals surface area contributed by atoms with E-state index in [2.05, 4.69) is 38.0 Å². The van der Waals surface area contributed by atoms with Gasteiger partial charge in [-0.15, -0.1) is 0 Å². The fourth-order valence-electron chi connectivity index (χ4n) is 2.51. The lowest BCUT2D eigenvalue weighted by Crippen LogP contribution is -2.22. The summed E-state index contributed by atoms with van der Waals surface area (Å²) < 4.78 is 0.558. The Labute approximate surface area is 120 Å². The first-order valence-corrected chi connectivity index (χ1v) is 7.31. The van der Waals surface area contributed by atoms with Crippen LogP contribution in [0.2, 0.25) is 0 Å². The van der Waals surface area contributed by atoms with E-state index in [9.17, 15) is 4.79 Å². The Bertz CT molecular complexity index is 660. The van der Waals surface area contributed by atoms with Crippen LogP contribution in [0.3, 0.4) is 0 Å². The highest BCUT2D eigenvalue weighted by molar-refractivity contribution is 9.10. The van der Waals surface area contributed by atoms with Gasteiger partial charge < -0.3 is 4.98 Å². The van der Waals surface area contributed by atoms with Crippen LogP contribution >= 0.6 is 15.9 Å². The second-order valence-electron chi connectivity index (χ2n) is 4.98. The molecule has 0 saturated heterocycles. The molecule has 1 aliphatic carbocycles. The van der Waals surface area contributed by atoms with Crippen LogP contribution in [0.15, 0.2) is 39.6 Å². The maximum absolute atomic E-state index is 12.0. The number of benzene rings is 1. The lowest BCUT2D eigenvalue weighted by molar-refractivity contribution is 0.729. The molecule has 1 heterocycles. The number of aromatic amines is 1. The number of nitrogens with one attached hydrogen (secondary N) is 1. The third-order valence-electron chi connectivity index (χ3n) is 3.80. The normalized spacial score (nSPS) is 16.3. The predicted molar refractivity (Wildman–Crippen MR) is 78.4 cm³/mol. The molecule has 3 nitrogen and oxygen atoms in total. The van der Waals surface area contributed by atoms with Crippen molar-refractivity contribution in [3.05, 3.63) is 62.2 Å². The average molecular weight is 319 g/mol. The number of H-pyrrole nitrogens is 1. The number of rotatable bonds is 3. The van der Waals surface area contributed by atoms with Crippen LogP contribution in [0, 0.1) is 0 Å². The van der Waals surface area contributed by atoms with E-state index in [1.54, 1.807) is 0 Å². The lowest BCUT2D eigenvalue weighted by Gasteiger charge is -2.16. The van der Waals surface area contributed by atoms with E-state index in [-0.39, 0.29) is 11.0 Å². The summed E-state index contributed by atoms with van der Waals surface area (Å²) in [6.07, 6.45) is 2.85. The second-order valence-corrected chi connectivity index (χ2v) is 5.77. The molecular formula is C15H15BrN2O. The van der Waals surface area contributed by atoms with Gasteiger partial charge in [0, 0.05) is 0 Å². The van der Waals surface area contributed by atoms with Crippen LogP contribution in [-0.4, -0.2) is 9.97 Å². The molecule has 98 valence electrons. The second kappa shape index (κ2) is 4.60. The minimum atomic E-state index is -0.0796. The van der Waals surface area contributed by atoms with E-state index >= 15 is 0 Å². The summed E-state index contributed by atoms with van der Waals surface area (Å²) >= 11 is 3.31. The molecule has 1 aliphatic rings. The number of aryl methyl sites for hydroxylation is 1. The Balaban J connectivity index is 2.13. The fraction of sp³-hybridized carbons (Fsp3) is 0.333. The van der Waals surface area contributed by atoms with Gasteiger partial charge in [0.15, 0.2) is 0 Å². The Morgan fingerprint density at radius 3 is 2.58 bits per heavy atom. The maximum atomic E-state index is 12.0. The first-order chi connectivity index (χ1) is 9.17. The number of nitrogens with zero attached hydrogens (tertiary/aromatic N) is 1. The van der Waals surface area contributed by atoms with Gasteiger partial charge in [-0.1, -0.05) is 37.3 Å². The molecule has 1 N–H and O–H groups in total. The molecule has 0 bridgehead atoms. The molecule has 0 unspecified atom stereocenters. The first-order valence-electron chi connectivity index (χ1n) is 6.52. The molecule has 1 aromatic heterocycles. The quantitative estimate of drug-likeness (QED) is 0.944. The van der Waals surface area contributed by atoms with E-state index in [4.69, 9.17) is 0 Å². The third kappa shape index (κ3) is 2.04. The van der Waals surface area contributed by atoms with Crippen molar-refractivity contribution < 1.29 is 0 Å². The van der Waals surface area contributed by atoms with Gasteiger partial charge in [-0.25, -0.2) is 4.98 Å². The number of halogens is 1. The Morgan fingerprint density at radius 2 is 2.00 bits per heavy atom. The highest BCUT2D eigenvalue weighted by Crippen LogP contribution is 2.51. The molecule has 0 amide bonds. The molecule has 2 aromatic rings. The molecule has 4 heteroatoms. The van der Waals surface area contributed by atoms with Crippen molar-refractivity contribution in [3.8, 4) is 0 Å². The fourth-order valence-corrected chi connectivity index (χ4v) is 2.98. The van der Waals surface area contributed by atoms with Crippen LogP contribution in [0.25, 0.3) is 0 Å². The highest BCUT2D eigenvalue weighted by atomic mass is 79.9. The molecule has 0 radical (unpaired) electrons. The van der Waals surface area contributed by atoms with Crippen LogP contribution in [-0.2, 0) is 11.8 Å². The molecule has 1 saturated carbocycles. The van der Waals surface area contributed by atoms with Crippen molar-refractivity contribution in [2.75, 3.05) is 0 Å². The molecule has 0 spiro atoms. The summed E-state index contributed by atoms with van der Waals surface area (Å²) in [5.41, 5.74) is 1.91. The summed E-state index contributed by atoms with van der Waals surface area (Å²) in [6.45, 7) is 2.01. The van der Waals surface area contributed by atoms with Crippen LogP contribution in [0.5, 0.6) is 0 Å². The van der Waals surface area contributed by atoms with Gasteiger partial charge in [-0.2, -0.15) is 0 Å². The van der Waals surface area contributed by atoms with Crippen molar-refractivity contribution >= 4 is 15.9 Å². The zero-order valence-corrected chi connectivity index (χ0v) is 12.3. The summed E-state index contributed by atoms with van der Waals surface area (Å²) in [7, 11) is 0. The van der Waals surface area contributed by atoms with Crippen molar-refractivity contribution in [3.63, 3.8) is 0 Å². The van der Waals surface area contributed by atoms with Gasteiger partial charge >= 0.3 is 0 Å². The van der Waals surface area contributed by atoms with E-state index in [0.717, 1.165) is 30.8 Å². The van der Waals surface area contributed by atoms with Crippen LogP contribution in [0.1, 0.15) is 36.8 Å². The molecule has 1 fully saturated rings. The topological polar surface area (TPSA) is 45.8 Å². The van der Waals surface area contributed by atoms with E-state index in [1.165, 1.54) is 5.56 Å². The summed E-state index contributed by atoms with van der Waals surface area (Å²) in [6, 6.07) is 10.3. The van der Waals surface area contributed by atoms with Gasteiger partial charge in [0.1, 0.15) is 10.3 Å². The summed E-state index contributed by atoms with van der Waals surface area (Å²) in [5, 5.41) is 0. The smallest absolute Gasteiger partial charge is 0.265 e. The standard InChI is InChI=1S/C15H15BrN2O/c1-2-11-12(16)13(19)18-14(17-11)15(8-9-15)10-6-4-3-5-7-10/h3-7H,2,8-9H2,1H3,(H,17,18,19). The van der Waals surface area contributed by atoms with Crippen LogP contribution < -0.4 is 5.56 Å². The third-order valence-corrected chi connectivity index (χ3v) is 4.61. The maximum Gasteiger partial charge on any atom is 0.265 e. The van der Waals surface area contributed by atoms with Gasteiger partial charge in [0.25, 0.3) is 5.56 Å². The van der Waals surface area contributed by atoms with Gasteiger partial charge in [0.05, 0.1) is 11.1 Å². The van der Waals surface area contributed by atoms with Crippen LogP contribution in [0.4, 0.5) is 0 Å². The molecular weight excluding hydrogens is 304 g/mol. The zero-order chi connectivity index (χ0) is 13.5. The van der Waals surface area contributed by atoms with Gasteiger partial charge in [0.2, 0.25) is 0 Å². The van der Waals surface area contributed by atoms with Crippen molar-refractivity contribution in [1.29, 1.82) is 0 Å². The molecule has 19 heavy (non-hydrogen) atoms. The van der Waals surface area contributed by atoms with Gasteiger partial charge in [-0.3, -0.25) is 4.79 Å². The minimum Gasteiger partial charge on any atom is -0.309 e. The van der Waals surface area contributed by atoms with Crippen molar-refractivity contribution in [1.82, 2.24) is 9.97 Å². The van der Waals surface area contributed by atoms with Crippen molar-refractivity contribution in [2.24, 2.45) is 0 Å². The largest absolute Gasteiger partial charge is 0.309 e. The zero-order valence-electron chi connectivity index (χ0n) is 10.7. The van der Waals surface area contributed by atoms with Crippen molar-refractivity contribution in [2.45, 2.75) is 31.6 Å². The van der Waals surface area contributed by atoms with E-state index < -0.39 is 0 Å². The van der Waals surface area contributed by atoms with E-state index in [1.807, 2.05) is 25.1 Å². The molecule has 0 atom stereocenters. The molecule has 0 aliphatic heterocycles. The monoisotopic (exact) mass is 318 g/mol. The molecule has 1 aromatic carbocycles. The predicted octanol–water partition coefficient (Wildman–Crippen LogP) is 3.17. The number of aromatic nitrogens is 2. The van der Waals surface area contributed by atoms with Gasteiger partial charge in [-0.05, 0) is 40.8 Å². The number of hydrogen-bond donors (Lipinski definition) is 1. The SMILES string of the molecule is CCc1nc(C2(c3ccccc3)CC2)[nH]c(=O)c1Br. The first kappa shape index (κ1) is 12.6. The summed E-state index contributed by atoms with van der Waals surface area (Å²) in [4.78, 5) is 19.6. The Morgan fingerprint density at radius 1 is 1.32 bits per heavy atom. The Kier molecular flexibility index (Phi) is 3.05. The lowest BCUT2D eigenvalue weighted by atomic mass is 9.95. The number of hydrogen-bond acceptors (Lipinski definition) is 2. The molecule has 3 rings (SSSR count). The highest BCUT2D eigenvalue weighted by Gasteiger charge is 2.48. The minimum absolute atomic E-state index is 0.0783.